The van der Waals surface area contributed by atoms with Gasteiger partial charge in [-0.15, -0.1) is 0 Å². The van der Waals surface area contributed by atoms with E-state index in [0.29, 0.717) is 5.75 Å². The molecule has 1 saturated carbocycles. The van der Waals surface area contributed by atoms with Gasteiger partial charge in [-0.2, -0.15) is 0 Å². The predicted molar refractivity (Wildman–Crippen MR) is 157 cm³/mol. The summed E-state index contributed by atoms with van der Waals surface area (Å²) in [4.78, 5) is 0. The molecule has 0 radical (unpaired) electrons. The zero-order valence-electron chi connectivity index (χ0n) is 21.5. The molecule has 0 amide bonds. The number of allylic oxidation sites excluding steroid dienone is 1. The highest BCUT2D eigenvalue weighted by Crippen LogP contribution is 2.58. The van der Waals surface area contributed by atoms with Crippen molar-refractivity contribution in [3.63, 3.8) is 0 Å². The second-order valence-corrected chi connectivity index (χ2v) is 11.5. The van der Waals surface area contributed by atoms with E-state index in [1.165, 1.54) is 64.3 Å². The van der Waals surface area contributed by atoms with Crippen LogP contribution in [0.25, 0.3) is 28.0 Å². The van der Waals surface area contributed by atoms with Crippen molar-refractivity contribution < 1.29 is 5.11 Å². The van der Waals surface area contributed by atoms with Crippen molar-refractivity contribution in [2.75, 3.05) is 0 Å². The van der Waals surface area contributed by atoms with E-state index >= 15 is 0 Å². The third-order valence-corrected chi connectivity index (χ3v) is 9.66. The van der Waals surface area contributed by atoms with Crippen LogP contribution in [0.1, 0.15) is 59.1 Å². The molecule has 0 saturated heterocycles. The molecule has 38 heavy (non-hydrogen) atoms. The minimum absolute atomic E-state index is 0.131. The Morgan fingerprint density at radius 2 is 1.24 bits per heavy atom. The zero-order chi connectivity index (χ0) is 25.3. The molecule has 8 rings (SSSR count). The molecule has 0 heterocycles. The Kier molecular flexibility index (Phi) is 4.59. The topological polar surface area (TPSA) is 20.2 Å². The Morgan fingerprint density at radius 1 is 0.605 bits per heavy atom. The first-order valence-corrected chi connectivity index (χ1v) is 13.9. The van der Waals surface area contributed by atoms with E-state index in [1.54, 1.807) is 23.3 Å². The highest BCUT2D eigenvalue weighted by Gasteiger charge is 2.50. The summed E-state index contributed by atoms with van der Waals surface area (Å²) in [6.45, 7) is 0. The summed E-state index contributed by atoms with van der Waals surface area (Å²) in [5.41, 5.74) is 11.2. The fourth-order valence-electron chi connectivity index (χ4n) is 7.92. The minimum Gasteiger partial charge on any atom is -0.508 e. The van der Waals surface area contributed by atoms with Gasteiger partial charge in [0.15, 0.2) is 0 Å². The predicted octanol–water partition coefficient (Wildman–Crippen LogP) is 8.94. The van der Waals surface area contributed by atoms with Gasteiger partial charge >= 0.3 is 0 Å². The molecule has 0 atom stereocenters. The molecule has 2 spiro atoms. The molecule has 1 heteroatoms. The summed E-state index contributed by atoms with van der Waals surface area (Å²) in [7, 11) is 0. The highest BCUT2D eigenvalue weighted by molar-refractivity contribution is 5.95. The molecular weight excluding hydrogens is 460 g/mol. The van der Waals surface area contributed by atoms with E-state index in [2.05, 4.69) is 91.0 Å². The molecule has 184 valence electrons. The molecule has 3 aliphatic carbocycles. The van der Waals surface area contributed by atoms with Gasteiger partial charge in [0.05, 0.1) is 0 Å². The molecule has 1 fully saturated rings. The van der Waals surface area contributed by atoms with Gasteiger partial charge in [-0.3, -0.25) is 0 Å². The van der Waals surface area contributed by atoms with Gasteiger partial charge in [0.2, 0.25) is 0 Å². The molecule has 3 aliphatic rings. The van der Waals surface area contributed by atoms with E-state index in [-0.39, 0.29) is 10.8 Å². The second kappa shape index (κ2) is 7.95. The number of phenols is 1. The smallest absolute Gasteiger partial charge is 0.115 e. The highest BCUT2D eigenvalue weighted by atomic mass is 16.3. The molecule has 0 aliphatic heterocycles. The third-order valence-electron chi connectivity index (χ3n) is 9.66. The van der Waals surface area contributed by atoms with Crippen molar-refractivity contribution in [2.45, 2.75) is 42.9 Å². The number of phenolic OH excluding ortho intramolecular Hbond substituents is 1. The number of rotatable bonds is 1. The van der Waals surface area contributed by atoms with Crippen LogP contribution in [-0.4, -0.2) is 5.11 Å². The lowest BCUT2D eigenvalue weighted by Gasteiger charge is -2.48. The average Bonchev–Trinajstić information content (AvgIpc) is 3.47. The Hall–Kier alpha value is -4.10. The van der Waals surface area contributed by atoms with Crippen molar-refractivity contribution in [3.8, 4) is 16.9 Å². The maximum Gasteiger partial charge on any atom is 0.115 e. The standard InChI is InChI=1S/C37H30O/c38-29-16-13-25(14-17-29)26-15-18-30-27(23-26)11-12-28-24-37(22-19-31(28)30)34-9-3-1-7-32(34)36(20-5-6-21-36)33-8-2-4-10-35(33)37/h1-4,7-19,22-23,38H,5-6,20-21,24H2. The average molecular weight is 491 g/mol. The maximum atomic E-state index is 9.69. The van der Waals surface area contributed by atoms with Crippen molar-refractivity contribution >= 4 is 16.8 Å². The van der Waals surface area contributed by atoms with Crippen molar-refractivity contribution in [1.29, 1.82) is 0 Å². The first-order chi connectivity index (χ1) is 18.7. The van der Waals surface area contributed by atoms with Crippen LogP contribution in [-0.2, 0) is 17.3 Å². The molecule has 1 nitrogen and oxygen atoms in total. The van der Waals surface area contributed by atoms with Crippen LogP contribution in [0.2, 0.25) is 0 Å². The normalized spacial score (nSPS) is 17.9. The van der Waals surface area contributed by atoms with E-state index in [4.69, 9.17) is 0 Å². The number of hydrogen-bond donors (Lipinski definition) is 1. The van der Waals surface area contributed by atoms with Crippen LogP contribution in [0.3, 0.4) is 0 Å². The van der Waals surface area contributed by atoms with Crippen LogP contribution in [0, 0.1) is 0 Å². The number of benzene rings is 5. The number of fused-ring (bicyclic) bond motifs is 9. The summed E-state index contributed by atoms with van der Waals surface area (Å²) in [6, 6.07) is 37.5. The van der Waals surface area contributed by atoms with E-state index < -0.39 is 0 Å². The third kappa shape index (κ3) is 2.93. The quantitative estimate of drug-likeness (QED) is 0.249. The number of aromatic hydroxyl groups is 1. The van der Waals surface area contributed by atoms with Crippen LogP contribution in [0.15, 0.2) is 109 Å². The van der Waals surface area contributed by atoms with Crippen molar-refractivity contribution in [3.05, 3.63) is 143 Å². The Bertz CT molecular complexity index is 1700. The summed E-state index contributed by atoms with van der Waals surface area (Å²) < 4.78 is 0. The van der Waals surface area contributed by atoms with Crippen LogP contribution in [0.4, 0.5) is 0 Å². The van der Waals surface area contributed by atoms with Gasteiger partial charge in [0.1, 0.15) is 5.75 Å². The van der Waals surface area contributed by atoms with E-state index in [1.807, 2.05) is 12.1 Å². The van der Waals surface area contributed by atoms with Crippen LogP contribution >= 0.6 is 0 Å². The SMILES string of the molecule is Oc1ccc(-c2ccc3c4c(ccc3c2)CC2(C=C4)c3ccccc3C3(CCCC3)c3ccccc32)cc1. The Morgan fingerprint density at radius 3 is 1.92 bits per heavy atom. The molecule has 5 aromatic rings. The van der Waals surface area contributed by atoms with Crippen molar-refractivity contribution in [2.24, 2.45) is 0 Å². The number of hydrogen-bond acceptors (Lipinski definition) is 1. The largest absolute Gasteiger partial charge is 0.508 e. The lowest BCUT2D eigenvalue weighted by molar-refractivity contribution is 0.468. The van der Waals surface area contributed by atoms with Crippen LogP contribution < -0.4 is 0 Å². The summed E-state index contributed by atoms with van der Waals surface area (Å²) in [5, 5.41) is 12.2. The van der Waals surface area contributed by atoms with Gasteiger partial charge in [-0.1, -0.05) is 110 Å². The minimum atomic E-state index is -0.131. The maximum absolute atomic E-state index is 9.69. The van der Waals surface area contributed by atoms with Gasteiger partial charge in [0, 0.05) is 10.8 Å². The molecule has 1 N–H and O–H groups in total. The molecule has 5 aromatic carbocycles. The summed E-state index contributed by atoms with van der Waals surface area (Å²) in [5.74, 6) is 0.299. The van der Waals surface area contributed by atoms with E-state index in [9.17, 15) is 5.11 Å². The Labute approximate surface area is 224 Å². The lowest BCUT2D eigenvalue weighted by atomic mass is 9.54. The zero-order valence-corrected chi connectivity index (χ0v) is 21.5. The second-order valence-electron chi connectivity index (χ2n) is 11.5. The fourth-order valence-corrected chi connectivity index (χ4v) is 7.92. The lowest BCUT2D eigenvalue weighted by Crippen LogP contribution is -2.42. The van der Waals surface area contributed by atoms with Gasteiger partial charge in [-0.25, -0.2) is 0 Å². The monoisotopic (exact) mass is 490 g/mol. The molecule has 0 bridgehead atoms. The van der Waals surface area contributed by atoms with Gasteiger partial charge in [0.25, 0.3) is 0 Å². The summed E-state index contributed by atoms with van der Waals surface area (Å²) >= 11 is 0. The Balaban J connectivity index is 1.29. The van der Waals surface area contributed by atoms with Crippen LogP contribution in [0.5, 0.6) is 5.75 Å². The van der Waals surface area contributed by atoms with Gasteiger partial charge < -0.3 is 5.11 Å². The molecule has 0 unspecified atom stereocenters. The first-order valence-electron chi connectivity index (χ1n) is 13.9. The molecular formula is C37H30O. The summed E-state index contributed by atoms with van der Waals surface area (Å²) in [6.07, 6.45) is 11.0. The first kappa shape index (κ1) is 21.9. The van der Waals surface area contributed by atoms with E-state index in [0.717, 1.165) is 12.0 Å². The fraction of sp³-hybridized carbons (Fsp3) is 0.189. The molecule has 0 aromatic heterocycles. The van der Waals surface area contributed by atoms with Crippen molar-refractivity contribution in [1.82, 2.24) is 0 Å². The van der Waals surface area contributed by atoms with Gasteiger partial charge in [-0.05, 0) is 92.7 Å².